The molecule has 4 nitrogen and oxygen atoms in total. The van der Waals surface area contributed by atoms with Crippen molar-refractivity contribution in [3.05, 3.63) is 70.2 Å². The zero-order valence-corrected chi connectivity index (χ0v) is 16.2. The van der Waals surface area contributed by atoms with Gasteiger partial charge < -0.3 is 10.2 Å². The number of fused-ring (bicyclic) bond motifs is 1. The van der Waals surface area contributed by atoms with Gasteiger partial charge in [0.1, 0.15) is 5.03 Å². The first-order valence-corrected chi connectivity index (χ1v) is 10.4. The Balaban J connectivity index is 1.46. The monoisotopic (exact) mass is 401 g/mol. The van der Waals surface area contributed by atoms with Crippen LogP contribution in [-0.2, 0) is 6.54 Å². The zero-order valence-electron chi connectivity index (χ0n) is 13.8. The van der Waals surface area contributed by atoms with Gasteiger partial charge in [-0.15, -0.1) is 23.1 Å². The number of rotatable bonds is 4. The SMILES string of the molecule is O=C(NCc1ccc(Cl)cc1)c1ccc(N2CCSc3ncccc32)s1. The smallest absolute Gasteiger partial charge is 0.261 e. The first kappa shape index (κ1) is 17.4. The Labute approximate surface area is 165 Å². The molecule has 1 aromatic carbocycles. The summed E-state index contributed by atoms with van der Waals surface area (Å²) in [6.45, 7) is 1.39. The quantitative estimate of drug-likeness (QED) is 0.670. The van der Waals surface area contributed by atoms with Crippen molar-refractivity contribution in [2.75, 3.05) is 17.2 Å². The van der Waals surface area contributed by atoms with Crippen molar-refractivity contribution in [2.45, 2.75) is 11.6 Å². The molecule has 0 saturated heterocycles. The normalized spacial score (nSPS) is 13.3. The molecule has 0 bridgehead atoms. The second kappa shape index (κ2) is 7.70. The van der Waals surface area contributed by atoms with Crippen molar-refractivity contribution < 1.29 is 4.79 Å². The van der Waals surface area contributed by atoms with Crippen molar-refractivity contribution in [2.24, 2.45) is 0 Å². The molecule has 1 aliphatic heterocycles. The Bertz CT molecular complexity index is 927. The van der Waals surface area contributed by atoms with Gasteiger partial charge in [-0.05, 0) is 42.0 Å². The van der Waals surface area contributed by atoms with Crippen LogP contribution in [0.3, 0.4) is 0 Å². The molecule has 0 radical (unpaired) electrons. The molecule has 0 atom stereocenters. The van der Waals surface area contributed by atoms with Crippen LogP contribution in [0.15, 0.2) is 59.8 Å². The predicted octanol–water partition coefficient (Wildman–Crippen LogP) is 4.97. The summed E-state index contributed by atoms with van der Waals surface area (Å²) in [6, 6.07) is 15.4. The van der Waals surface area contributed by atoms with Crippen LogP contribution in [0.25, 0.3) is 0 Å². The molecule has 2 aromatic heterocycles. The third-order valence-corrected chi connectivity index (χ3v) is 6.38. The minimum atomic E-state index is -0.0611. The van der Waals surface area contributed by atoms with Gasteiger partial charge in [-0.2, -0.15) is 0 Å². The number of thioether (sulfide) groups is 1. The van der Waals surface area contributed by atoms with Gasteiger partial charge in [-0.25, -0.2) is 4.98 Å². The van der Waals surface area contributed by atoms with Gasteiger partial charge in [0.25, 0.3) is 5.91 Å². The number of anilines is 2. The van der Waals surface area contributed by atoms with E-state index in [0.717, 1.165) is 33.6 Å². The predicted molar refractivity (Wildman–Crippen MR) is 109 cm³/mol. The Morgan fingerprint density at radius 3 is 2.88 bits per heavy atom. The molecule has 4 rings (SSSR count). The van der Waals surface area contributed by atoms with Crippen LogP contribution in [0.2, 0.25) is 5.02 Å². The summed E-state index contributed by atoms with van der Waals surface area (Å²) in [5.74, 6) is 0.925. The maximum atomic E-state index is 12.5. The third-order valence-electron chi connectivity index (χ3n) is 4.04. The number of nitrogens with zero attached hydrogens (tertiary/aromatic N) is 2. The van der Waals surface area contributed by atoms with Crippen molar-refractivity contribution in [1.82, 2.24) is 10.3 Å². The summed E-state index contributed by atoms with van der Waals surface area (Å²) in [5, 5.41) is 5.76. The fourth-order valence-corrected chi connectivity index (χ4v) is 4.77. The van der Waals surface area contributed by atoms with Gasteiger partial charge in [0.2, 0.25) is 0 Å². The summed E-state index contributed by atoms with van der Waals surface area (Å²) in [5.41, 5.74) is 2.13. The summed E-state index contributed by atoms with van der Waals surface area (Å²) >= 11 is 9.16. The fraction of sp³-hybridized carbons (Fsp3) is 0.158. The van der Waals surface area contributed by atoms with Gasteiger partial charge in [0.15, 0.2) is 0 Å². The molecule has 1 aliphatic rings. The second-order valence-electron chi connectivity index (χ2n) is 5.77. The second-order valence-corrected chi connectivity index (χ2v) is 8.36. The highest BCUT2D eigenvalue weighted by Gasteiger charge is 2.21. The fourth-order valence-electron chi connectivity index (χ4n) is 2.75. The average molecular weight is 402 g/mol. The van der Waals surface area contributed by atoms with E-state index in [1.165, 1.54) is 11.3 Å². The molecular formula is C19H16ClN3OS2. The van der Waals surface area contributed by atoms with E-state index in [1.54, 1.807) is 11.8 Å². The topological polar surface area (TPSA) is 45.2 Å². The molecule has 7 heteroatoms. The Kier molecular flexibility index (Phi) is 5.15. The lowest BCUT2D eigenvalue weighted by Crippen LogP contribution is -2.23. The third kappa shape index (κ3) is 3.72. The van der Waals surface area contributed by atoms with E-state index in [9.17, 15) is 4.79 Å². The maximum Gasteiger partial charge on any atom is 0.261 e. The van der Waals surface area contributed by atoms with Crippen LogP contribution in [0.1, 0.15) is 15.2 Å². The standard InChI is InChI=1S/C19H16ClN3OS2/c20-14-5-3-13(4-6-14)12-22-18(24)16-7-8-17(26-16)23-10-11-25-19-15(23)2-1-9-21-19/h1-9H,10-12H2,(H,22,24). The van der Waals surface area contributed by atoms with Crippen LogP contribution in [0.4, 0.5) is 10.7 Å². The summed E-state index contributed by atoms with van der Waals surface area (Å²) in [7, 11) is 0. The minimum absolute atomic E-state index is 0.0611. The molecule has 1 amide bonds. The van der Waals surface area contributed by atoms with Crippen LogP contribution in [0.5, 0.6) is 0 Å². The number of halogens is 1. The van der Waals surface area contributed by atoms with Crippen LogP contribution in [-0.4, -0.2) is 23.2 Å². The molecule has 3 heterocycles. The van der Waals surface area contributed by atoms with Gasteiger partial charge >= 0.3 is 0 Å². The molecule has 3 aromatic rings. The number of benzene rings is 1. The summed E-state index contributed by atoms with van der Waals surface area (Å²) in [4.78, 5) is 19.8. The summed E-state index contributed by atoms with van der Waals surface area (Å²) in [6.07, 6.45) is 1.82. The molecule has 0 spiro atoms. The number of carbonyl (C=O) groups is 1. The highest BCUT2D eigenvalue weighted by Crippen LogP contribution is 2.39. The van der Waals surface area contributed by atoms with E-state index in [1.807, 2.05) is 48.7 Å². The number of thiophene rings is 1. The lowest BCUT2D eigenvalue weighted by atomic mass is 10.2. The first-order chi connectivity index (χ1) is 12.7. The molecule has 1 N–H and O–H groups in total. The Hall–Kier alpha value is -2.02. The van der Waals surface area contributed by atoms with Crippen LogP contribution in [0, 0.1) is 0 Å². The average Bonchev–Trinajstić information content (AvgIpc) is 3.17. The molecule has 132 valence electrons. The number of hydrogen-bond donors (Lipinski definition) is 1. The van der Waals surface area contributed by atoms with Gasteiger partial charge in [-0.1, -0.05) is 23.7 Å². The lowest BCUT2D eigenvalue weighted by molar-refractivity contribution is 0.0955. The van der Waals surface area contributed by atoms with E-state index in [4.69, 9.17) is 11.6 Å². The van der Waals surface area contributed by atoms with E-state index in [0.29, 0.717) is 16.4 Å². The van der Waals surface area contributed by atoms with Gasteiger partial charge in [0.05, 0.1) is 15.6 Å². The van der Waals surface area contributed by atoms with E-state index < -0.39 is 0 Å². The van der Waals surface area contributed by atoms with Crippen molar-refractivity contribution in [3.8, 4) is 0 Å². The molecule has 0 fully saturated rings. The van der Waals surface area contributed by atoms with E-state index in [-0.39, 0.29) is 5.91 Å². The summed E-state index contributed by atoms with van der Waals surface area (Å²) < 4.78 is 0. The van der Waals surface area contributed by atoms with Gasteiger partial charge in [-0.3, -0.25) is 4.79 Å². The van der Waals surface area contributed by atoms with E-state index >= 15 is 0 Å². The van der Waals surface area contributed by atoms with Crippen molar-refractivity contribution in [1.29, 1.82) is 0 Å². The molecule has 0 unspecified atom stereocenters. The number of hydrogen-bond acceptors (Lipinski definition) is 5. The highest BCUT2D eigenvalue weighted by atomic mass is 35.5. The minimum Gasteiger partial charge on any atom is -0.347 e. The number of amides is 1. The number of aromatic nitrogens is 1. The molecule has 0 aliphatic carbocycles. The van der Waals surface area contributed by atoms with E-state index in [2.05, 4.69) is 21.3 Å². The maximum absolute atomic E-state index is 12.5. The molecule has 26 heavy (non-hydrogen) atoms. The van der Waals surface area contributed by atoms with Gasteiger partial charge in [0, 0.05) is 30.1 Å². The zero-order chi connectivity index (χ0) is 17.9. The number of pyridine rings is 1. The lowest BCUT2D eigenvalue weighted by Gasteiger charge is -2.28. The van der Waals surface area contributed by atoms with Crippen molar-refractivity contribution in [3.63, 3.8) is 0 Å². The highest BCUT2D eigenvalue weighted by molar-refractivity contribution is 7.99. The number of nitrogens with one attached hydrogen (secondary N) is 1. The largest absolute Gasteiger partial charge is 0.347 e. The van der Waals surface area contributed by atoms with Crippen LogP contribution < -0.4 is 10.2 Å². The molecule has 0 saturated carbocycles. The molecular weight excluding hydrogens is 386 g/mol. The Morgan fingerprint density at radius 2 is 2.04 bits per heavy atom. The van der Waals surface area contributed by atoms with Crippen LogP contribution >= 0.6 is 34.7 Å². The van der Waals surface area contributed by atoms with Crippen molar-refractivity contribution >= 4 is 51.3 Å². The number of carbonyl (C=O) groups excluding carboxylic acids is 1. The Morgan fingerprint density at radius 1 is 1.19 bits per heavy atom. The first-order valence-electron chi connectivity index (χ1n) is 8.18.